The lowest BCUT2D eigenvalue weighted by Crippen LogP contribution is -2.05. The van der Waals surface area contributed by atoms with Crippen LogP contribution in [-0.2, 0) is 6.42 Å². The highest BCUT2D eigenvalue weighted by atomic mass is 32.1. The molecule has 1 atom stereocenters. The molecule has 4 rings (SSSR count). The molecule has 0 spiro atoms. The minimum absolute atomic E-state index is 0.497. The molecule has 0 radical (unpaired) electrons. The highest BCUT2D eigenvalue weighted by Crippen LogP contribution is 2.34. The molecule has 3 heterocycles. The van der Waals surface area contributed by atoms with Gasteiger partial charge in [-0.05, 0) is 11.6 Å². The molecule has 0 saturated heterocycles. The van der Waals surface area contributed by atoms with Crippen molar-refractivity contribution in [3.05, 3.63) is 47.2 Å². The third-order valence-corrected chi connectivity index (χ3v) is 4.43. The van der Waals surface area contributed by atoms with Crippen LogP contribution in [0.5, 0.6) is 0 Å². The van der Waals surface area contributed by atoms with Crippen LogP contribution in [0.25, 0.3) is 10.5 Å². The second-order valence-corrected chi connectivity index (χ2v) is 5.72. The highest BCUT2D eigenvalue weighted by Gasteiger charge is 2.23. The molecule has 5 heteroatoms. The van der Waals surface area contributed by atoms with Crippen molar-refractivity contribution in [3.8, 4) is 0 Å². The number of anilines is 1. The number of benzene rings is 1. The summed E-state index contributed by atoms with van der Waals surface area (Å²) < 4.78 is 0. The normalized spacial score (nSPS) is 17.4. The van der Waals surface area contributed by atoms with Crippen molar-refractivity contribution in [3.63, 3.8) is 0 Å². The molecule has 0 saturated carbocycles. The predicted molar refractivity (Wildman–Crippen MR) is 76.6 cm³/mol. The van der Waals surface area contributed by atoms with Gasteiger partial charge in [0.1, 0.15) is 0 Å². The number of rotatable bonds is 2. The largest absolute Gasteiger partial charge is 0.384 e. The number of nitrogens with zero attached hydrogens (tertiary/aromatic N) is 3. The van der Waals surface area contributed by atoms with Gasteiger partial charge in [-0.15, -0.1) is 0 Å². The van der Waals surface area contributed by atoms with Gasteiger partial charge in [0.25, 0.3) is 0 Å². The van der Waals surface area contributed by atoms with Crippen LogP contribution >= 0.6 is 11.3 Å². The molecule has 1 N–H and O–H groups in total. The monoisotopic (exact) mass is 268 g/mol. The van der Waals surface area contributed by atoms with Crippen LogP contribution < -0.4 is 5.32 Å². The topological polar surface area (TPSA) is 50.7 Å². The number of fused-ring (bicyclic) bond motifs is 2. The van der Waals surface area contributed by atoms with E-state index in [1.165, 1.54) is 11.3 Å². The van der Waals surface area contributed by atoms with Gasteiger partial charge in [-0.1, -0.05) is 29.5 Å². The van der Waals surface area contributed by atoms with Crippen molar-refractivity contribution in [2.45, 2.75) is 12.3 Å². The lowest BCUT2D eigenvalue weighted by atomic mass is 9.98. The van der Waals surface area contributed by atoms with Crippen LogP contribution in [0, 0.1) is 0 Å². The van der Waals surface area contributed by atoms with E-state index < -0.39 is 0 Å². The fraction of sp³-hybridized carbons (Fsp3) is 0.214. The third-order valence-electron chi connectivity index (χ3n) is 3.45. The van der Waals surface area contributed by atoms with Crippen molar-refractivity contribution in [2.24, 2.45) is 0 Å². The van der Waals surface area contributed by atoms with E-state index >= 15 is 0 Å². The average Bonchev–Trinajstić information content (AvgIpc) is 3.03. The Morgan fingerprint density at radius 2 is 2.11 bits per heavy atom. The molecule has 2 aromatic heterocycles. The first-order valence-corrected chi connectivity index (χ1v) is 7.11. The van der Waals surface area contributed by atoms with Gasteiger partial charge in [-0.3, -0.25) is 0 Å². The van der Waals surface area contributed by atoms with E-state index in [1.54, 1.807) is 23.7 Å². The summed E-state index contributed by atoms with van der Waals surface area (Å²) in [5, 5.41) is 4.57. The highest BCUT2D eigenvalue weighted by molar-refractivity contribution is 7.18. The molecule has 0 fully saturated rings. The number of para-hydroxylation sites is 1. The van der Waals surface area contributed by atoms with Gasteiger partial charge in [-0.25, -0.2) is 15.0 Å². The summed E-state index contributed by atoms with van der Waals surface area (Å²) in [6.07, 6.45) is 4.36. The molecule has 1 aliphatic rings. The van der Waals surface area contributed by atoms with Crippen molar-refractivity contribution in [2.75, 3.05) is 11.9 Å². The zero-order valence-corrected chi connectivity index (χ0v) is 11.0. The summed E-state index contributed by atoms with van der Waals surface area (Å²) >= 11 is 1.65. The molecule has 94 valence electrons. The first kappa shape index (κ1) is 10.9. The van der Waals surface area contributed by atoms with Crippen molar-refractivity contribution in [1.29, 1.82) is 0 Å². The summed E-state index contributed by atoms with van der Waals surface area (Å²) in [7, 11) is 0. The van der Waals surface area contributed by atoms with Crippen molar-refractivity contribution in [1.82, 2.24) is 15.0 Å². The molecular formula is C14H12N4S. The average molecular weight is 268 g/mol. The van der Waals surface area contributed by atoms with Gasteiger partial charge in [0.15, 0.2) is 10.5 Å². The van der Waals surface area contributed by atoms with Crippen LogP contribution in [0.2, 0.25) is 0 Å². The van der Waals surface area contributed by atoms with Crippen molar-refractivity contribution < 1.29 is 0 Å². The summed E-state index contributed by atoms with van der Waals surface area (Å²) in [4.78, 5) is 14.0. The van der Waals surface area contributed by atoms with Crippen LogP contribution in [0.4, 0.5) is 5.69 Å². The molecule has 3 aromatic rings. The Labute approximate surface area is 114 Å². The quantitative estimate of drug-likeness (QED) is 0.776. The lowest BCUT2D eigenvalue weighted by molar-refractivity contribution is 0.748. The number of nitrogens with one attached hydrogen (secondary N) is 1. The van der Waals surface area contributed by atoms with Crippen molar-refractivity contribution >= 4 is 27.5 Å². The minimum Gasteiger partial charge on any atom is -0.384 e. The molecule has 0 aliphatic carbocycles. The summed E-state index contributed by atoms with van der Waals surface area (Å²) in [5.41, 5.74) is 3.41. The maximum absolute atomic E-state index is 4.57. The summed E-state index contributed by atoms with van der Waals surface area (Å²) in [6, 6.07) is 8.50. The van der Waals surface area contributed by atoms with E-state index in [0.717, 1.165) is 28.5 Å². The zero-order chi connectivity index (χ0) is 12.7. The molecule has 4 nitrogen and oxygen atoms in total. The second kappa shape index (κ2) is 4.28. The zero-order valence-electron chi connectivity index (χ0n) is 10.2. The predicted octanol–water partition coefficient (Wildman–Crippen LogP) is 2.84. The van der Waals surface area contributed by atoms with Crippen LogP contribution in [-0.4, -0.2) is 21.5 Å². The first-order chi connectivity index (χ1) is 9.40. The van der Waals surface area contributed by atoms with Gasteiger partial charge >= 0.3 is 0 Å². The Hall–Kier alpha value is -2.01. The van der Waals surface area contributed by atoms with Gasteiger partial charge in [0.05, 0.1) is 5.01 Å². The fourth-order valence-corrected chi connectivity index (χ4v) is 3.50. The Kier molecular flexibility index (Phi) is 2.45. The van der Waals surface area contributed by atoms with Crippen LogP contribution in [0.15, 0.2) is 36.7 Å². The van der Waals surface area contributed by atoms with Gasteiger partial charge < -0.3 is 5.32 Å². The molecule has 19 heavy (non-hydrogen) atoms. The van der Waals surface area contributed by atoms with E-state index in [-0.39, 0.29) is 0 Å². The molecular weight excluding hydrogens is 256 g/mol. The van der Waals surface area contributed by atoms with E-state index in [9.17, 15) is 0 Å². The van der Waals surface area contributed by atoms with Crippen LogP contribution in [0.1, 0.15) is 16.5 Å². The standard InChI is InChI=1S/C14H12N4S/c1-2-4-11-10(3-1)9(8-17-11)7-12-18-13-14(19-12)16-6-5-15-13/h1-6,9,17H,7-8H2. The van der Waals surface area contributed by atoms with E-state index in [2.05, 4.69) is 44.5 Å². The van der Waals surface area contributed by atoms with Gasteiger partial charge in [-0.2, -0.15) is 0 Å². The SMILES string of the molecule is c1ccc2c(c1)NCC2Cc1nc2nccnc2s1. The number of aromatic nitrogens is 3. The molecule has 1 aromatic carbocycles. The first-order valence-electron chi connectivity index (χ1n) is 6.29. The summed E-state index contributed by atoms with van der Waals surface area (Å²) in [6.45, 7) is 0.982. The van der Waals surface area contributed by atoms with E-state index in [1.807, 2.05) is 0 Å². The third kappa shape index (κ3) is 1.86. The molecule has 1 unspecified atom stereocenters. The number of thiazole rings is 1. The van der Waals surface area contributed by atoms with Crippen LogP contribution in [0.3, 0.4) is 0 Å². The fourth-order valence-electron chi connectivity index (χ4n) is 2.56. The maximum Gasteiger partial charge on any atom is 0.189 e. The molecule has 1 aliphatic heterocycles. The minimum atomic E-state index is 0.497. The maximum atomic E-state index is 4.57. The second-order valence-electron chi connectivity index (χ2n) is 4.66. The van der Waals surface area contributed by atoms with Gasteiger partial charge in [0.2, 0.25) is 0 Å². The molecule has 0 amide bonds. The smallest absolute Gasteiger partial charge is 0.189 e. The van der Waals surface area contributed by atoms with E-state index in [0.29, 0.717) is 5.92 Å². The molecule has 0 bridgehead atoms. The Balaban J connectivity index is 1.65. The Morgan fingerprint density at radius 3 is 3.05 bits per heavy atom. The Morgan fingerprint density at radius 1 is 1.21 bits per heavy atom. The van der Waals surface area contributed by atoms with Gasteiger partial charge in [0, 0.05) is 37.0 Å². The van der Waals surface area contributed by atoms with E-state index in [4.69, 9.17) is 0 Å². The number of hydrogen-bond donors (Lipinski definition) is 1. The summed E-state index contributed by atoms with van der Waals surface area (Å²) in [5.74, 6) is 0.497. The Bertz CT molecular complexity index is 704. The number of hydrogen-bond acceptors (Lipinski definition) is 5. The lowest BCUT2D eigenvalue weighted by Gasteiger charge is -2.06.